The van der Waals surface area contributed by atoms with Gasteiger partial charge in [0.05, 0.1) is 12.8 Å². The number of halogens is 1. The van der Waals surface area contributed by atoms with Crippen molar-refractivity contribution in [3.8, 4) is 5.75 Å². The fraction of sp³-hybridized carbons (Fsp3) is 0.435. The summed E-state index contributed by atoms with van der Waals surface area (Å²) in [6.45, 7) is 3.96. The van der Waals surface area contributed by atoms with Crippen LogP contribution in [0.15, 0.2) is 59.6 Å². The first-order chi connectivity index (χ1) is 13.8. The number of aryl methyl sites for hydroxylation is 1. The van der Waals surface area contributed by atoms with Crippen LogP contribution in [0, 0.1) is 5.92 Å². The third kappa shape index (κ3) is 7.10. The Labute approximate surface area is 192 Å². The van der Waals surface area contributed by atoms with Crippen molar-refractivity contribution < 1.29 is 4.74 Å². The van der Waals surface area contributed by atoms with Gasteiger partial charge in [0.1, 0.15) is 5.75 Å². The van der Waals surface area contributed by atoms with E-state index in [9.17, 15) is 0 Å². The Balaban J connectivity index is 0.00000300. The highest BCUT2D eigenvalue weighted by atomic mass is 127. The lowest BCUT2D eigenvalue weighted by Crippen LogP contribution is -2.40. The summed E-state index contributed by atoms with van der Waals surface area (Å²) in [6, 6.07) is 18.9. The van der Waals surface area contributed by atoms with E-state index >= 15 is 0 Å². The molecule has 3 rings (SSSR count). The van der Waals surface area contributed by atoms with Gasteiger partial charge in [-0.15, -0.1) is 24.0 Å². The number of methoxy groups -OCH3 is 1. The number of para-hydroxylation sites is 2. The maximum absolute atomic E-state index is 5.51. The van der Waals surface area contributed by atoms with Crippen LogP contribution in [0.3, 0.4) is 0 Å². The highest BCUT2D eigenvalue weighted by Crippen LogP contribution is 2.31. The minimum absolute atomic E-state index is 0. The fourth-order valence-corrected chi connectivity index (χ4v) is 3.71. The molecular formula is C23H33IN4O. The number of aliphatic imine (C=N–C) groups is 1. The largest absolute Gasteiger partial charge is 0.495 e. The number of ether oxygens (including phenoxy) is 1. The van der Waals surface area contributed by atoms with E-state index in [1.807, 2.05) is 19.2 Å². The quantitative estimate of drug-likeness (QED) is 0.246. The van der Waals surface area contributed by atoms with Crippen LogP contribution in [0.25, 0.3) is 0 Å². The van der Waals surface area contributed by atoms with Gasteiger partial charge in [-0.2, -0.15) is 0 Å². The van der Waals surface area contributed by atoms with Crippen molar-refractivity contribution in [3.05, 3.63) is 60.2 Å². The molecule has 29 heavy (non-hydrogen) atoms. The van der Waals surface area contributed by atoms with Crippen molar-refractivity contribution >= 4 is 35.6 Å². The van der Waals surface area contributed by atoms with Crippen LogP contribution in [-0.2, 0) is 6.42 Å². The van der Waals surface area contributed by atoms with Crippen LogP contribution >= 0.6 is 24.0 Å². The standard InChI is InChI=1S/C23H32N4O.HI/c1-24-23(25-15-8-11-19-9-4-3-5-10-19)26-17-20-14-16-27(18-20)21-12-6-7-13-22(21)28-2;/h3-7,9-10,12-13,20H,8,11,14-18H2,1-2H3,(H2,24,25,26);1H. The molecule has 5 nitrogen and oxygen atoms in total. The zero-order chi connectivity index (χ0) is 19.6. The Bertz CT molecular complexity index is 754. The van der Waals surface area contributed by atoms with E-state index in [4.69, 9.17) is 4.74 Å². The molecule has 0 aromatic heterocycles. The molecule has 0 amide bonds. The molecule has 0 aliphatic carbocycles. The van der Waals surface area contributed by atoms with Gasteiger partial charge < -0.3 is 20.3 Å². The van der Waals surface area contributed by atoms with E-state index in [2.05, 4.69) is 63.0 Å². The Morgan fingerprint density at radius 1 is 1.10 bits per heavy atom. The third-order valence-corrected chi connectivity index (χ3v) is 5.27. The van der Waals surface area contributed by atoms with Gasteiger partial charge in [0.2, 0.25) is 0 Å². The zero-order valence-electron chi connectivity index (χ0n) is 17.4. The van der Waals surface area contributed by atoms with Gasteiger partial charge in [-0.05, 0) is 42.9 Å². The molecule has 1 fully saturated rings. The molecule has 0 bridgehead atoms. The van der Waals surface area contributed by atoms with Crippen LogP contribution in [-0.4, -0.2) is 46.3 Å². The number of rotatable bonds is 8. The molecule has 1 aliphatic rings. The first-order valence-corrected chi connectivity index (χ1v) is 10.2. The fourth-order valence-electron chi connectivity index (χ4n) is 3.71. The molecule has 1 heterocycles. The van der Waals surface area contributed by atoms with Gasteiger partial charge in [0.15, 0.2) is 5.96 Å². The summed E-state index contributed by atoms with van der Waals surface area (Å²) in [7, 11) is 3.57. The lowest BCUT2D eigenvalue weighted by molar-refractivity contribution is 0.414. The summed E-state index contributed by atoms with van der Waals surface area (Å²) in [5.41, 5.74) is 2.57. The van der Waals surface area contributed by atoms with Gasteiger partial charge >= 0.3 is 0 Å². The van der Waals surface area contributed by atoms with Crippen LogP contribution in [0.1, 0.15) is 18.4 Å². The second-order valence-electron chi connectivity index (χ2n) is 7.24. The average Bonchev–Trinajstić information content (AvgIpc) is 3.23. The predicted octanol–water partition coefficient (Wildman–Crippen LogP) is 3.94. The summed E-state index contributed by atoms with van der Waals surface area (Å²) in [6.07, 6.45) is 3.35. The summed E-state index contributed by atoms with van der Waals surface area (Å²) >= 11 is 0. The number of hydrogen-bond donors (Lipinski definition) is 2. The number of anilines is 1. The highest BCUT2D eigenvalue weighted by Gasteiger charge is 2.24. The highest BCUT2D eigenvalue weighted by molar-refractivity contribution is 14.0. The second-order valence-corrected chi connectivity index (χ2v) is 7.24. The topological polar surface area (TPSA) is 48.9 Å². The number of hydrogen-bond acceptors (Lipinski definition) is 3. The lowest BCUT2D eigenvalue weighted by atomic mass is 10.1. The normalized spacial score (nSPS) is 16.3. The molecule has 1 unspecified atom stereocenters. The third-order valence-electron chi connectivity index (χ3n) is 5.27. The maximum Gasteiger partial charge on any atom is 0.190 e. The average molecular weight is 508 g/mol. The van der Waals surface area contributed by atoms with Crippen LogP contribution in [0.5, 0.6) is 5.75 Å². The lowest BCUT2D eigenvalue weighted by Gasteiger charge is -2.21. The Hall–Kier alpha value is -1.96. The molecule has 0 radical (unpaired) electrons. The van der Waals surface area contributed by atoms with Gasteiger partial charge in [0.25, 0.3) is 0 Å². The van der Waals surface area contributed by atoms with E-state index < -0.39 is 0 Å². The number of nitrogens with one attached hydrogen (secondary N) is 2. The van der Waals surface area contributed by atoms with Crippen molar-refractivity contribution in [3.63, 3.8) is 0 Å². The minimum atomic E-state index is 0. The van der Waals surface area contributed by atoms with E-state index in [1.54, 1.807) is 7.11 Å². The molecule has 2 aromatic carbocycles. The summed E-state index contributed by atoms with van der Waals surface area (Å²) in [5.74, 6) is 2.45. The van der Waals surface area contributed by atoms with Gasteiger partial charge in [-0.3, -0.25) is 4.99 Å². The first-order valence-electron chi connectivity index (χ1n) is 10.2. The van der Waals surface area contributed by atoms with Crippen molar-refractivity contribution in [2.75, 3.05) is 45.2 Å². The van der Waals surface area contributed by atoms with Crippen LogP contribution in [0.2, 0.25) is 0 Å². The van der Waals surface area contributed by atoms with Gasteiger partial charge in [-0.1, -0.05) is 42.5 Å². The number of nitrogens with zero attached hydrogens (tertiary/aromatic N) is 2. The summed E-state index contributed by atoms with van der Waals surface area (Å²) < 4.78 is 5.51. The molecule has 0 saturated carbocycles. The van der Waals surface area contributed by atoms with Gasteiger partial charge in [-0.25, -0.2) is 0 Å². The van der Waals surface area contributed by atoms with Crippen LogP contribution < -0.4 is 20.3 Å². The van der Waals surface area contributed by atoms with Crippen LogP contribution in [0.4, 0.5) is 5.69 Å². The maximum atomic E-state index is 5.51. The van der Waals surface area contributed by atoms with Gasteiger partial charge in [0, 0.05) is 33.2 Å². The smallest absolute Gasteiger partial charge is 0.190 e. The second kappa shape index (κ2) is 12.6. The minimum Gasteiger partial charge on any atom is -0.495 e. The molecular weight excluding hydrogens is 475 g/mol. The SMILES string of the molecule is CN=C(NCCCc1ccccc1)NCC1CCN(c2ccccc2OC)C1.I. The molecule has 1 saturated heterocycles. The monoisotopic (exact) mass is 508 g/mol. The Kier molecular flexibility index (Phi) is 10.1. The number of guanidine groups is 1. The summed E-state index contributed by atoms with van der Waals surface area (Å²) in [5, 5.41) is 6.92. The Morgan fingerprint density at radius 3 is 2.62 bits per heavy atom. The molecule has 6 heteroatoms. The van der Waals surface area contributed by atoms with Crippen molar-refractivity contribution in [1.82, 2.24) is 10.6 Å². The van der Waals surface area contributed by atoms with Crippen molar-refractivity contribution in [1.29, 1.82) is 0 Å². The summed E-state index contributed by atoms with van der Waals surface area (Å²) in [4.78, 5) is 6.78. The van der Waals surface area contributed by atoms with Crippen molar-refractivity contribution in [2.24, 2.45) is 10.9 Å². The Morgan fingerprint density at radius 2 is 1.86 bits per heavy atom. The molecule has 2 N–H and O–H groups in total. The molecule has 2 aromatic rings. The number of benzene rings is 2. The predicted molar refractivity (Wildman–Crippen MR) is 133 cm³/mol. The zero-order valence-corrected chi connectivity index (χ0v) is 19.8. The van der Waals surface area contributed by atoms with E-state index in [1.165, 1.54) is 17.7 Å². The molecule has 158 valence electrons. The first kappa shape index (κ1) is 23.3. The molecule has 0 spiro atoms. The van der Waals surface area contributed by atoms with Crippen molar-refractivity contribution in [2.45, 2.75) is 19.3 Å². The van der Waals surface area contributed by atoms with E-state index in [-0.39, 0.29) is 24.0 Å². The van der Waals surface area contributed by atoms with E-state index in [0.717, 1.165) is 50.7 Å². The molecule has 1 atom stereocenters. The van der Waals surface area contributed by atoms with E-state index in [0.29, 0.717) is 5.92 Å². The molecule has 1 aliphatic heterocycles.